The fraction of sp³-hybridized carbons (Fsp3) is 0.450. The molecule has 1 aromatic heterocycles. The number of hydrogen-bond acceptors (Lipinski definition) is 5. The SMILES string of the molecule is CCCC[C@H](NC(=O)[C@H](C)Oc1ccc2c(C)c(C)c(=O)oc2c1)C(=O)O. The van der Waals surface area contributed by atoms with Crippen molar-refractivity contribution in [3.8, 4) is 5.75 Å². The van der Waals surface area contributed by atoms with Crippen LogP contribution in [0.1, 0.15) is 44.2 Å². The van der Waals surface area contributed by atoms with Crippen molar-refractivity contribution in [1.82, 2.24) is 5.32 Å². The molecule has 0 fully saturated rings. The summed E-state index contributed by atoms with van der Waals surface area (Å²) in [4.78, 5) is 35.4. The van der Waals surface area contributed by atoms with Crippen molar-refractivity contribution < 1.29 is 23.8 Å². The molecule has 0 radical (unpaired) electrons. The average Bonchev–Trinajstić information content (AvgIpc) is 2.62. The first kappa shape index (κ1) is 20.5. The summed E-state index contributed by atoms with van der Waals surface area (Å²) in [6.07, 6.45) is 1.01. The Balaban J connectivity index is 2.13. The fourth-order valence-corrected chi connectivity index (χ4v) is 2.71. The maximum atomic E-state index is 12.3. The Morgan fingerprint density at radius 1 is 1.26 bits per heavy atom. The minimum absolute atomic E-state index is 0.358. The van der Waals surface area contributed by atoms with Crippen molar-refractivity contribution in [3.05, 3.63) is 39.7 Å². The van der Waals surface area contributed by atoms with E-state index in [4.69, 9.17) is 9.15 Å². The van der Waals surface area contributed by atoms with Gasteiger partial charge < -0.3 is 19.6 Å². The summed E-state index contributed by atoms with van der Waals surface area (Å²) < 4.78 is 10.9. The summed E-state index contributed by atoms with van der Waals surface area (Å²) in [6.45, 7) is 7.03. The van der Waals surface area contributed by atoms with Gasteiger partial charge in [0.1, 0.15) is 17.4 Å². The van der Waals surface area contributed by atoms with Crippen LogP contribution in [0.25, 0.3) is 11.0 Å². The summed E-state index contributed by atoms with van der Waals surface area (Å²) in [5.41, 5.74) is 1.34. The lowest BCUT2D eigenvalue weighted by atomic mass is 10.1. The molecule has 2 rings (SSSR count). The van der Waals surface area contributed by atoms with Crippen LogP contribution in [0.5, 0.6) is 5.75 Å². The van der Waals surface area contributed by atoms with E-state index in [0.29, 0.717) is 29.7 Å². The third kappa shape index (κ3) is 4.87. The number of nitrogens with one attached hydrogen (secondary N) is 1. The van der Waals surface area contributed by atoms with Gasteiger partial charge in [-0.25, -0.2) is 9.59 Å². The number of carboxylic acid groups (broad SMARTS) is 1. The third-order valence-electron chi connectivity index (χ3n) is 4.57. The second-order valence-corrected chi connectivity index (χ2v) is 6.60. The highest BCUT2D eigenvalue weighted by molar-refractivity contribution is 5.86. The molecule has 7 heteroatoms. The molecule has 1 amide bonds. The van der Waals surface area contributed by atoms with E-state index in [-0.39, 0.29) is 0 Å². The molecule has 0 saturated heterocycles. The zero-order valence-corrected chi connectivity index (χ0v) is 16.0. The largest absolute Gasteiger partial charge is 0.481 e. The number of hydrogen-bond donors (Lipinski definition) is 2. The van der Waals surface area contributed by atoms with Crippen LogP contribution in [0.3, 0.4) is 0 Å². The van der Waals surface area contributed by atoms with Crippen LogP contribution < -0.4 is 15.7 Å². The minimum Gasteiger partial charge on any atom is -0.481 e. The molecular formula is C20H25NO6. The van der Waals surface area contributed by atoms with E-state index in [9.17, 15) is 19.5 Å². The molecular weight excluding hydrogens is 350 g/mol. The summed E-state index contributed by atoms with van der Waals surface area (Å²) in [5.74, 6) is -1.22. The topological polar surface area (TPSA) is 106 Å². The summed E-state index contributed by atoms with van der Waals surface area (Å²) in [5, 5.41) is 12.5. The van der Waals surface area contributed by atoms with Crippen LogP contribution in [0, 0.1) is 13.8 Å². The van der Waals surface area contributed by atoms with Gasteiger partial charge >= 0.3 is 11.6 Å². The van der Waals surface area contributed by atoms with Gasteiger partial charge in [0.2, 0.25) is 0 Å². The van der Waals surface area contributed by atoms with Crippen LogP contribution in [-0.4, -0.2) is 29.1 Å². The van der Waals surface area contributed by atoms with Crippen molar-refractivity contribution >= 4 is 22.8 Å². The van der Waals surface area contributed by atoms with Crippen molar-refractivity contribution in [2.75, 3.05) is 0 Å². The molecule has 1 aromatic carbocycles. The van der Waals surface area contributed by atoms with Gasteiger partial charge in [0, 0.05) is 17.0 Å². The number of aryl methyl sites for hydroxylation is 1. The fourth-order valence-electron chi connectivity index (χ4n) is 2.71. The van der Waals surface area contributed by atoms with Gasteiger partial charge in [0.25, 0.3) is 5.91 Å². The lowest BCUT2D eigenvalue weighted by Crippen LogP contribution is -2.46. The van der Waals surface area contributed by atoms with Gasteiger partial charge in [0.05, 0.1) is 0 Å². The zero-order chi connectivity index (χ0) is 20.1. The lowest BCUT2D eigenvalue weighted by molar-refractivity contribution is -0.143. The second-order valence-electron chi connectivity index (χ2n) is 6.60. The van der Waals surface area contributed by atoms with Gasteiger partial charge in [-0.15, -0.1) is 0 Å². The Morgan fingerprint density at radius 2 is 1.96 bits per heavy atom. The van der Waals surface area contributed by atoms with Crippen molar-refractivity contribution in [2.45, 2.75) is 59.1 Å². The Labute approximate surface area is 157 Å². The molecule has 0 saturated carbocycles. The highest BCUT2D eigenvalue weighted by Crippen LogP contribution is 2.24. The molecule has 0 aliphatic rings. The monoisotopic (exact) mass is 375 g/mol. The number of unbranched alkanes of at least 4 members (excludes halogenated alkanes) is 1. The van der Waals surface area contributed by atoms with E-state index in [1.165, 1.54) is 6.92 Å². The normalized spacial score (nSPS) is 13.2. The molecule has 7 nitrogen and oxygen atoms in total. The van der Waals surface area contributed by atoms with Gasteiger partial charge in [-0.3, -0.25) is 4.79 Å². The van der Waals surface area contributed by atoms with Crippen molar-refractivity contribution in [1.29, 1.82) is 0 Å². The van der Waals surface area contributed by atoms with Crippen LogP contribution in [0.4, 0.5) is 0 Å². The summed E-state index contributed by atoms with van der Waals surface area (Å²) in [7, 11) is 0. The molecule has 2 N–H and O–H groups in total. The molecule has 27 heavy (non-hydrogen) atoms. The first-order valence-corrected chi connectivity index (χ1v) is 8.98. The van der Waals surface area contributed by atoms with Crippen molar-refractivity contribution in [3.63, 3.8) is 0 Å². The first-order chi connectivity index (χ1) is 12.7. The van der Waals surface area contributed by atoms with Gasteiger partial charge in [-0.2, -0.15) is 0 Å². The molecule has 0 aliphatic carbocycles. The van der Waals surface area contributed by atoms with Crippen molar-refractivity contribution in [2.24, 2.45) is 0 Å². The number of carbonyl (C=O) groups excluding carboxylic acids is 1. The number of aliphatic carboxylic acids is 1. The molecule has 0 aliphatic heterocycles. The molecule has 0 unspecified atom stereocenters. The van der Waals surface area contributed by atoms with Crippen LogP contribution in [0.2, 0.25) is 0 Å². The smallest absolute Gasteiger partial charge is 0.339 e. The lowest BCUT2D eigenvalue weighted by Gasteiger charge is -2.19. The van der Waals surface area contributed by atoms with E-state index in [2.05, 4.69) is 5.32 Å². The number of rotatable bonds is 8. The van der Waals surface area contributed by atoms with E-state index in [1.54, 1.807) is 25.1 Å². The van der Waals surface area contributed by atoms with Gasteiger partial charge in [0.15, 0.2) is 6.10 Å². The van der Waals surface area contributed by atoms with Crippen LogP contribution >= 0.6 is 0 Å². The summed E-state index contributed by atoms with van der Waals surface area (Å²) >= 11 is 0. The standard InChI is InChI=1S/C20H25NO6/c1-5-6-7-16(19(23)24)21-18(22)13(4)26-14-8-9-15-11(2)12(3)20(25)27-17(15)10-14/h8-10,13,16H,5-7H2,1-4H3,(H,21,22)(H,23,24)/t13-,16-/m0/s1. The predicted molar refractivity (Wildman–Crippen MR) is 101 cm³/mol. The highest BCUT2D eigenvalue weighted by Gasteiger charge is 2.23. The first-order valence-electron chi connectivity index (χ1n) is 8.98. The maximum Gasteiger partial charge on any atom is 0.339 e. The Hall–Kier alpha value is -2.83. The van der Waals surface area contributed by atoms with Gasteiger partial charge in [-0.05, 0) is 44.9 Å². The molecule has 2 atom stereocenters. The quantitative estimate of drug-likeness (QED) is 0.687. The minimum atomic E-state index is -1.07. The predicted octanol–water partition coefficient (Wildman–Crippen LogP) is 2.94. The number of amides is 1. The van der Waals surface area contributed by atoms with Gasteiger partial charge in [-0.1, -0.05) is 19.8 Å². The number of ether oxygens (including phenoxy) is 1. The molecule has 0 bridgehead atoms. The Bertz CT molecular complexity index is 901. The van der Waals surface area contributed by atoms with Crippen LogP contribution in [0.15, 0.2) is 27.4 Å². The number of benzene rings is 1. The van der Waals surface area contributed by atoms with E-state index in [1.807, 2.05) is 13.8 Å². The number of fused-ring (bicyclic) bond motifs is 1. The second kappa shape index (κ2) is 8.70. The molecule has 2 aromatic rings. The number of carbonyl (C=O) groups is 2. The molecule has 1 heterocycles. The highest BCUT2D eigenvalue weighted by atomic mass is 16.5. The maximum absolute atomic E-state index is 12.3. The Kier molecular flexibility index (Phi) is 6.60. The third-order valence-corrected chi connectivity index (χ3v) is 4.57. The number of carboxylic acids is 1. The Morgan fingerprint density at radius 3 is 2.59 bits per heavy atom. The van der Waals surface area contributed by atoms with Crippen LogP contribution in [-0.2, 0) is 9.59 Å². The zero-order valence-electron chi connectivity index (χ0n) is 16.0. The van der Waals surface area contributed by atoms with E-state index in [0.717, 1.165) is 17.4 Å². The summed E-state index contributed by atoms with van der Waals surface area (Å²) in [6, 6.07) is 4.06. The molecule has 146 valence electrons. The average molecular weight is 375 g/mol. The molecule has 0 spiro atoms. The van der Waals surface area contributed by atoms with E-state index < -0.39 is 29.6 Å². The van der Waals surface area contributed by atoms with E-state index >= 15 is 0 Å².